The van der Waals surface area contributed by atoms with Crippen LogP contribution in [0.15, 0.2) is 35.7 Å². The molecule has 1 fully saturated rings. The molecule has 25 heavy (non-hydrogen) atoms. The summed E-state index contributed by atoms with van der Waals surface area (Å²) in [5, 5.41) is 2.14. The summed E-state index contributed by atoms with van der Waals surface area (Å²) < 4.78 is 1.96. The van der Waals surface area contributed by atoms with Gasteiger partial charge in [-0.2, -0.15) is 0 Å². The number of hydrogen-bond donors (Lipinski definition) is 0. The fraction of sp³-hybridized carbons (Fsp3) is 0.444. The number of rotatable bonds is 5. The van der Waals surface area contributed by atoms with E-state index in [1.807, 2.05) is 35.7 Å². The van der Waals surface area contributed by atoms with E-state index in [0.29, 0.717) is 5.92 Å². The lowest BCUT2D eigenvalue weighted by Crippen LogP contribution is -2.34. The lowest BCUT2D eigenvalue weighted by molar-refractivity contribution is 0.175. The molecule has 0 unspecified atom stereocenters. The van der Waals surface area contributed by atoms with Gasteiger partial charge in [0.2, 0.25) is 0 Å². The molecule has 0 saturated carbocycles. The van der Waals surface area contributed by atoms with Gasteiger partial charge in [-0.1, -0.05) is 0 Å². The number of aryl methyl sites for hydroxylation is 1. The van der Waals surface area contributed by atoms with E-state index in [1.165, 1.54) is 18.5 Å². The molecule has 130 valence electrons. The first-order valence-electron chi connectivity index (χ1n) is 8.66. The maximum atomic E-state index is 4.61. The van der Waals surface area contributed by atoms with Crippen LogP contribution >= 0.6 is 11.3 Å². The van der Waals surface area contributed by atoms with Crippen LogP contribution in [-0.4, -0.2) is 42.5 Å². The predicted octanol–water partition coefficient (Wildman–Crippen LogP) is 2.79. The minimum atomic E-state index is 0.694. The van der Waals surface area contributed by atoms with Crippen LogP contribution in [-0.2, 0) is 20.0 Å². The molecule has 0 aliphatic carbocycles. The number of likely N-dealkylation sites (tertiary alicyclic amines) is 1. The zero-order valence-corrected chi connectivity index (χ0v) is 15.2. The van der Waals surface area contributed by atoms with Gasteiger partial charge in [0, 0.05) is 37.6 Å². The van der Waals surface area contributed by atoms with E-state index in [-0.39, 0.29) is 0 Å². The van der Waals surface area contributed by atoms with Crippen molar-refractivity contribution in [1.29, 1.82) is 0 Å². The van der Waals surface area contributed by atoms with Crippen LogP contribution < -0.4 is 0 Å². The van der Waals surface area contributed by atoms with Crippen molar-refractivity contribution in [3.05, 3.63) is 47.1 Å². The summed E-state index contributed by atoms with van der Waals surface area (Å²) in [6.07, 6.45) is 10.9. The topological polar surface area (TPSA) is 59.7 Å². The predicted molar refractivity (Wildman–Crippen MR) is 98.1 cm³/mol. The first-order chi connectivity index (χ1) is 12.3. The van der Waals surface area contributed by atoms with Gasteiger partial charge in [0.15, 0.2) is 5.82 Å². The van der Waals surface area contributed by atoms with Gasteiger partial charge in [0.25, 0.3) is 0 Å². The highest BCUT2D eigenvalue weighted by Gasteiger charge is 2.20. The summed E-state index contributed by atoms with van der Waals surface area (Å²) in [6, 6.07) is 0. The van der Waals surface area contributed by atoms with Gasteiger partial charge in [0.1, 0.15) is 5.69 Å². The molecule has 1 aliphatic heterocycles. The molecule has 4 rings (SSSR count). The van der Waals surface area contributed by atoms with E-state index in [9.17, 15) is 0 Å². The number of aromatic nitrogens is 5. The zero-order valence-electron chi connectivity index (χ0n) is 14.4. The van der Waals surface area contributed by atoms with Crippen LogP contribution in [0.2, 0.25) is 0 Å². The Kier molecular flexibility index (Phi) is 4.85. The molecule has 6 nitrogen and oxygen atoms in total. The Labute approximate surface area is 151 Å². The summed E-state index contributed by atoms with van der Waals surface area (Å²) in [5.41, 5.74) is 5.01. The standard InChI is InChI=1S/C18H22N6S/c1-23-7-4-19-18(23)17-10-20-15(9-21-17)8-14-2-5-24(6-3-14)11-16-12-25-13-22-16/h4,7,9-10,12-14H,2-3,5-6,8,11H2,1H3. The second-order valence-corrected chi connectivity index (χ2v) is 7.38. The third-order valence-corrected chi connectivity index (χ3v) is 5.46. The SMILES string of the molecule is Cn1ccnc1-c1cnc(CC2CCN(Cc3cscn3)CC2)cn1. The van der Waals surface area contributed by atoms with Gasteiger partial charge < -0.3 is 4.57 Å². The summed E-state index contributed by atoms with van der Waals surface area (Å²) in [7, 11) is 1.97. The van der Waals surface area contributed by atoms with E-state index in [1.54, 1.807) is 17.5 Å². The first-order valence-corrected chi connectivity index (χ1v) is 9.60. The number of nitrogens with zero attached hydrogens (tertiary/aromatic N) is 6. The third-order valence-electron chi connectivity index (χ3n) is 4.83. The lowest BCUT2D eigenvalue weighted by Gasteiger charge is -2.31. The quantitative estimate of drug-likeness (QED) is 0.705. The molecule has 3 aromatic rings. The second-order valence-electron chi connectivity index (χ2n) is 6.66. The molecule has 1 aliphatic rings. The monoisotopic (exact) mass is 354 g/mol. The smallest absolute Gasteiger partial charge is 0.159 e. The van der Waals surface area contributed by atoms with Crippen LogP contribution in [0.25, 0.3) is 11.5 Å². The highest BCUT2D eigenvalue weighted by molar-refractivity contribution is 7.07. The van der Waals surface area contributed by atoms with Crippen molar-refractivity contribution in [2.45, 2.75) is 25.8 Å². The Morgan fingerprint density at radius 2 is 1.96 bits per heavy atom. The highest BCUT2D eigenvalue weighted by Crippen LogP contribution is 2.22. The summed E-state index contributed by atoms with van der Waals surface area (Å²) in [4.78, 5) is 20.4. The lowest BCUT2D eigenvalue weighted by atomic mass is 9.92. The fourth-order valence-corrected chi connectivity index (χ4v) is 3.93. The molecule has 7 heteroatoms. The molecule has 4 heterocycles. The zero-order chi connectivity index (χ0) is 17.1. The van der Waals surface area contributed by atoms with Gasteiger partial charge in [-0.3, -0.25) is 9.88 Å². The van der Waals surface area contributed by atoms with Crippen LogP contribution in [0.4, 0.5) is 0 Å². The van der Waals surface area contributed by atoms with Crippen molar-refractivity contribution in [2.24, 2.45) is 13.0 Å². The molecule has 0 spiro atoms. The molecule has 3 aromatic heterocycles. The van der Waals surface area contributed by atoms with Gasteiger partial charge in [-0.15, -0.1) is 11.3 Å². The normalized spacial score (nSPS) is 16.4. The Hall–Kier alpha value is -2.12. The van der Waals surface area contributed by atoms with Crippen LogP contribution in [0.5, 0.6) is 0 Å². The number of thiazole rings is 1. The molecule has 0 aromatic carbocycles. The van der Waals surface area contributed by atoms with Crippen LogP contribution in [0.3, 0.4) is 0 Å². The Balaban J connectivity index is 1.30. The second kappa shape index (κ2) is 7.41. The minimum absolute atomic E-state index is 0.694. The van der Waals surface area contributed by atoms with Crippen LogP contribution in [0, 0.1) is 5.92 Å². The molecule has 0 amide bonds. The molecule has 0 bridgehead atoms. The van der Waals surface area contributed by atoms with Gasteiger partial charge in [0.05, 0.1) is 23.1 Å². The third kappa shape index (κ3) is 3.93. The molecule has 0 N–H and O–H groups in total. The van der Waals surface area contributed by atoms with Crippen molar-refractivity contribution < 1.29 is 0 Å². The molecular weight excluding hydrogens is 332 g/mol. The average molecular weight is 354 g/mol. The molecule has 1 saturated heterocycles. The Morgan fingerprint density at radius 1 is 1.08 bits per heavy atom. The fourth-order valence-electron chi connectivity index (χ4n) is 3.38. The van der Waals surface area contributed by atoms with Crippen molar-refractivity contribution in [3.63, 3.8) is 0 Å². The Bertz CT molecular complexity index is 787. The summed E-state index contributed by atoms with van der Waals surface area (Å²) >= 11 is 1.67. The molecule has 0 radical (unpaired) electrons. The molecular formula is C18H22N6S. The Morgan fingerprint density at radius 3 is 2.60 bits per heavy atom. The van der Waals surface area contributed by atoms with Gasteiger partial charge in [-0.05, 0) is 38.3 Å². The van der Waals surface area contributed by atoms with E-state index in [0.717, 1.165) is 43.3 Å². The van der Waals surface area contributed by atoms with Crippen molar-refractivity contribution in [2.75, 3.05) is 13.1 Å². The highest BCUT2D eigenvalue weighted by atomic mass is 32.1. The van der Waals surface area contributed by atoms with E-state index < -0.39 is 0 Å². The largest absolute Gasteiger partial charge is 0.333 e. The van der Waals surface area contributed by atoms with Gasteiger partial charge >= 0.3 is 0 Å². The summed E-state index contributed by atoms with van der Waals surface area (Å²) in [6.45, 7) is 3.26. The number of imidazole rings is 1. The maximum Gasteiger partial charge on any atom is 0.159 e. The van der Waals surface area contributed by atoms with Crippen molar-refractivity contribution in [1.82, 2.24) is 29.4 Å². The first kappa shape index (κ1) is 16.4. The number of hydrogen-bond acceptors (Lipinski definition) is 6. The van der Waals surface area contributed by atoms with Crippen LogP contribution in [0.1, 0.15) is 24.2 Å². The van der Waals surface area contributed by atoms with E-state index >= 15 is 0 Å². The van der Waals surface area contributed by atoms with Crippen molar-refractivity contribution >= 4 is 11.3 Å². The maximum absolute atomic E-state index is 4.61. The van der Waals surface area contributed by atoms with Crippen molar-refractivity contribution in [3.8, 4) is 11.5 Å². The van der Waals surface area contributed by atoms with E-state index in [2.05, 4.69) is 30.2 Å². The minimum Gasteiger partial charge on any atom is -0.333 e. The average Bonchev–Trinajstić information content (AvgIpc) is 3.29. The van der Waals surface area contributed by atoms with E-state index in [4.69, 9.17) is 0 Å². The number of piperidine rings is 1. The molecule has 0 atom stereocenters. The van der Waals surface area contributed by atoms with Gasteiger partial charge in [-0.25, -0.2) is 15.0 Å². The summed E-state index contributed by atoms with van der Waals surface area (Å²) in [5.74, 6) is 1.55.